The van der Waals surface area contributed by atoms with Crippen molar-refractivity contribution in [2.24, 2.45) is 11.8 Å². The van der Waals surface area contributed by atoms with Crippen LogP contribution in [0.5, 0.6) is 0 Å². The number of piperidine rings is 1. The van der Waals surface area contributed by atoms with Crippen molar-refractivity contribution in [3.8, 4) is 0 Å². The largest absolute Gasteiger partial charge is 0.340 e. The molecule has 1 aromatic carbocycles. The van der Waals surface area contributed by atoms with E-state index in [0.29, 0.717) is 35.9 Å². The number of hydroxylamine groups is 1. The van der Waals surface area contributed by atoms with E-state index in [4.69, 9.17) is 5.21 Å². The lowest BCUT2D eigenvalue weighted by atomic mass is 10.2. The zero-order valence-corrected chi connectivity index (χ0v) is 15.4. The van der Waals surface area contributed by atoms with Gasteiger partial charge in [-0.15, -0.1) is 0 Å². The minimum atomic E-state index is -0.632. The molecular weight excluding hydrogens is 375 g/mol. The molecule has 9 heteroatoms. The third-order valence-corrected chi connectivity index (χ3v) is 5.73. The number of halogens is 1. The van der Waals surface area contributed by atoms with Crippen LogP contribution >= 0.6 is 0 Å². The SMILES string of the molecule is O=C(NO)c1cnc(N2CC3C(C2)C3NCc2ccc3cccc(F)c3n2)nc1. The molecule has 148 valence electrons. The van der Waals surface area contributed by atoms with E-state index in [1.807, 2.05) is 18.2 Å². The molecule has 2 unspecified atom stereocenters. The number of carbonyl (C=O) groups is 1. The van der Waals surface area contributed by atoms with Crippen molar-refractivity contribution in [1.29, 1.82) is 0 Å². The first kappa shape index (κ1) is 17.9. The Labute approximate surface area is 165 Å². The van der Waals surface area contributed by atoms with Gasteiger partial charge in [0.15, 0.2) is 0 Å². The van der Waals surface area contributed by atoms with Crippen molar-refractivity contribution in [3.05, 3.63) is 59.8 Å². The molecule has 0 radical (unpaired) electrons. The Bertz CT molecular complexity index is 1060. The average molecular weight is 394 g/mol. The van der Waals surface area contributed by atoms with Crippen molar-refractivity contribution in [1.82, 2.24) is 25.7 Å². The Balaban J connectivity index is 1.17. The summed E-state index contributed by atoms with van der Waals surface area (Å²) in [4.78, 5) is 26.3. The molecule has 2 atom stereocenters. The number of aromatic nitrogens is 3. The molecule has 1 aliphatic carbocycles. The molecule has 1 aliphatic heterocycles. The van der Waals surface area contributed by atoms with Crippen molar-refractivity contribution in [2.75, 3.05) is 18.0 Å². The number of nitrogens with zero attached hydrogens (tertiary/aromatic N) is 4. The van der Waals surface area contributed by atoms with Crippen molar-refractivity contribution in [3.63, 3.8) is 0 Å². The summed E-state index contributed by atoms with van der Waals surface area (Å²) in [6.07, 6.45) is 2.80. The molecule has 3 heterocycles. The first-order valence-corrected chi connectivity index (χ1v) is 9.43. The van der Waals surface area contributed by atoms with Gasteiger partial charge in [0.2, 0.25) is 5.95 Å². The van der Waals surface area contributed by atoms with Gasteiger partial charge in [-0.25, -0.2) is 24.8 Å². The third-order valence-electron chi connectivity index (χ3n) is 5.73. The predicted molar refractivity (Wildman–Crippen MR) is 103 cm³/mol. The van der Waals surface area contributed by atoms with Crippen LogP contribution in [0.2, 0.25) is 0 Å². The first-order chi connectivity index (χ1) is 14.1. The zero-order chi connectivity index (χ0) is 20.0. The molecule has 2 fully saturated rings. The summed E-state index contributed by atoms with van der Waals surface area (Å²) in [5.41, 5.74) is 3.00. The van der Waals surface area contributed by atoms with E-state index in [2.05, 4.69) is 25.2 Å². The van der Waals surface area contributed by atoms with Gasteiger partial charge >= 0.3 is 0 Å². The van der Waals surface area contributed by atoms with Gasteiger partial charge in [-0.3, -0.25) is 10.0 Å². The number of fused-ring (bicyclic) bond motifs is 2. The summed E-state index contributed by atoms with van der Waals surface area (Å²) in [6.45, 7) is 2.28. The fourth-order valence-electron chi connectivity index (χ4n) is 4.13. The number of nitrogens with one attached hydrogen (secondary N) is 2. The van der Waals surface area contributed by atoms with Crippen LogP contribution in [0.15, 0.2) is 42.7 Å². The molecule has 1 saturated heterocycles. The van der Waals surface area contributed by atoms with Crippen LogP contribution in [0.25, 0.3) is 10.9 Å². The maximum Gasteiger partial charge on any atom is 0.277 e. The number of carbonyl (C=O) groups excluding carboxylic acids is 1. The van der Waals surface area contributed by atoms with Crippen LogP contribution < -0.4 is 15.7 Å². The van der Waals surface area contributed by atoms with E-state index in [1.165, 1.54) is 18.5 Å². The van der Waals surface area contributed by atoms with E-state index in [-0.39, 0.29) is 11.4 Å². The Morgan fingerprint density at radius 1 is 1.17 bits per heavy atom. The normalized spacial score (nSPS) is 22.6. The second-order valence-corrected chi connectivity index (χ2v) is 7.47. The first-order valence-electron chi connectivity index (χ1n) is 9.43. The molecule has 0 bridgehead atoms. The quantitative estimate of drug-likeness (QED) is 0.445. The lowest BCUT2D eigenvalue weighted by Gasteiger charge is -2.20. The summed E-state index contributed by atoms with van der Waals surface area (Å²) in [7, 11) is 0. The van der Waals surface area contributed by atoms with Crippen LogP contribution in [-0.4, -0.2) is 45.2 Å². The smallest absolute Gasteiger partial charge is 0.277 e. The average Bonchev–Trinajstić information content (AvgIpc) is 3.20. The predicted octanol–water partition coefficient (Wildman–Crippen LogP) is 1.51. The van der Waals surface area contributed by atoms with Gasteiger partial charge < -0.3 is 10.2 Å². The van der Waals surface area contributed by atoms with Gasteiger partial charge in [-0.1, -0.05) is 18.2 Å². The molecule has 1 amide bonds. The lowest BCUT2D eigenvalue weighted by molar-refractivity contribution is 0.0705. The van der Waals surface area contributed by atoms with E-state index in [0.717, 1.165) is 24.2 Å². The van der Waals surface area contributed by atoms with E-state index >= 15 is 0 Å². The highest BCUT2D eigenvalue weighted by Gasteiger charge is 2.55. The molecule has 2 aliphatic rings. The second kappa shape index (κ2) is 7.02. The minimum absolute atomic E-state index is 0.208. The van der Waals surface area contributed by atoms with Gasteiger partial charge in [0.25, 0.3) is 5.91 Å². The molecule has 5 rings (SSSR count). The third kappa shape index (κ3) is 3.28. The van der Waals surface area contributed by atoms with Crippen molar-refractivity contribution in [2.45, 2.75) is 12.6 Å². The van der Waals surface area contributed by atoms with Crippen molar-refractivity contribution < 1.29 is 14.4 Å². The Morgan fingerprint density at radius 3 is 2.66 bits per heavy atom. The summed E-state index contributed by atoms with van der Waals surface area (Å²) in [5, 5.41) is 13.0. The molecule has 3 aromatic rings. The topological polar surface area (TPSA) is 103 Å². The number of hydrogen-bond donors (Lipinski definition) is 3. The zero-order valence-electron chi connectivity index (χ0n) is 15.4. The molecule has 0 spiro atoms. The van der Waals surface area contributed by atoms with Gasteiger partial charge in [0.1, 0.15) is 11.3 Å². The van der Waals surface area contributed by atoms with Crippen LogP contribution in [-0.2, 0) is 6.54 Å². The Morgan fingerprint density at radius 2 is 1.93 bits per heavy atom. The van der Waals surface area contributed by atoms with Crippen molar-refractivity contribution >= 4 is 22.8 Å². The number of anilines is 1. The number of benzene rings is 1. The summed E-state index contributed by atoms with van der Waals surface area (Å²) < 4.78 is 13.9. The molecule has 8 nitrogen and oxygen atoms in total. The number of para-hydroxylation sites is 1. The molecule has 3 N–H and O–H groups in total. The second-order valence-electron chi connectivity index (χ2n) is 7.47. The van der Waals surface area contributed by atoms with Crippen LogP contribution in [0, 0.1) is 17.7 Å². The van der Waals surface area contributed by atoms with E-state index in [1.54, 1.807) is 11.5 Å². The molecular formula is C20H19FN6O2. The molecule has 1 saturated carbocycles. The maximum absolute atomic E-state index is 13.9. The van der Waals surface area contributed by atoms with Gasteiger partial charge in [-0.05, 0) is 24.0 Å². The van der Waals surface area contributed by atoms with E-state index < -0.39 is 5.91 Å². The Kier molecular flexibility index (Phi) is 4.33. The lowest BCUT2D eigenvalue weighted by Crippen LogP contribution is -2.32. The number of hydrogen-bond acceptors (Lipinski definition) is 7. The molecule has 29 heavy (non-hydrogen) atoms. The maximum atomic E-state index is 13.9. The fraction of sp³-hybridized carbons (Fsp3) is 0.300. The van der Waals surface area contributed by atoms with Crippen LogP contribution in [0.1, 0.15) is 16.1 Å². The Hall–Kier alpha value is -3.17. The number of rotatable bonds is 5. The van der Waals surface area contributed by atoms with Crippen LogP contribution in [0.4, 0.5) is 10.3 Å². The highest BCUT2D eigenvalue weighted by atomic mass is 19.1. The highest BCUT2D eigenvalue weighted by Crippen LogP contribution is 2.46. The number of amides is 1. The summed E-state index contributed by atoms with van der Waals surface area (Å²) >= 11 is 0. The number of pyridine rings is 1. The van der Waals surface area contributed by atoms with Gasteiger partial charge in [0.05, 0.1) is 11.3 Å². The van der Waals surface area contributed by atoms with Gasteiger partial charge in [0, 0.05) is 43.5 Å². The standard InChI is InChI=1S/C20H19FN6O2/c21-16-3-1-2-11-4-5-13(25-17(11)16)8-22-18-14-9-27(10-15(14)18)20-23-6-12(7-24-20)19(28)26-29/h1-7,14-15,18,22,29H,8-10H2,(H,26,28). The molecule has 2 aromatic heterocycles. The summed E-state index contributed by atoms with van der Waals surface area (Å²) in [5.74, 6) is 0.669. The fourth-order valence-corrected chi connectivity index (χ4v) is 4.13. The monoisotopic (exact) mass is 394 g/mol. The van der Waals surface area contributed by atoms with Crippen LogP contribution in [0.3, 0.4) is 0 Å². The van der Waals surface area contributed by atoms with Gasteiger partial charge in [-0.2, -0.15) is 0 Å². The highest BCUT2D eigenvalue weighted by molar-refractivity contribution is 5.92. The minimum Gasteiger partial charge on any atom is -0.340 e. The van der Waals surface area contributed by atoms with E-state index in [9.17, 15) is 9.18 Å². The summed E-state index contributed by atoms with van der Waals surface area (Å²) in [6, 6.07) is 9.20.